The molecule has 0 spiro atoms. The van der Waals surface area contributed by atoms with Crippen molar-refractivity contribution in [2.45, 2.75) is 33.8 Å². The second-order valence-corrected chi connectivity index (χ2v) is 5.38. The van der Waals surface area contributed by atoms with Gasteiger partial charge in [-0.05, 0) is 39.0 Å². The Morgan fingerprint density at radius 2 is 2.13 bits per heavy atom. The summed E-state index contributed by atoms with van der Waals surface area (Å²) in [6.07, 6.45) is 3.00. The van der Waals surface area contributed by atoms with Crippen molar-refractivity contribution in [2.24, 2.45) is 0 Å². The van der Waals surface area contributed by atoms with E-state index in [1.54, 1.807) is 32.3 Å². The highest BCUT2D eigenvalue weighted by Gasteiger charge is 2.14. The van der Waals surface area contributed by atoms with Crippen molar-refractivity contribution >= 4 is 11.7 Å². The second kappa shape index (κ2) is 7.22. The molecule has 2 aromatic rings. The number of hydrogen-bond acceptors (Lipinski definition) is 4. The maximum Gasteiger partial charge on any atom is 0.303 e. The number of carbonyl (C=O) groups is 1. The number of aromatic nitrogens is 1. The van der Waals surface area contributed by atoms with Crippen LogP contribution in [-0.2, 0) is 9.53 Å². The molecule has 23 heavy (non-hydrogen) atoms. The first-order chi connectivity index (χ1) is 10.9. The zero-order valence-corrected chi connectivity index (χ0v) is 13.8. The summed E-state index contributed by atoms with van der Waals surface area (Å²) >= 11 is 0. The number of nitrogens with zero attached hydrogens (tertiary/aromatic N) is 1. The van der Waals surface area contributed by atoms with Gasteiger partial charge in [0.1, 0.15) is 11.9 Å². The van der Waals surface area contributed by atoms with Crippen LogP contribution in [0.4, 0.5) is 10.1 Å². The molecule has 1 aromatic heterocycles. The van der Waals surface area contributed by atoms with Gasteiger partial charge in [-0.3, -0.25) is 9.78 Å². The normalized spacial score (nSPS) is 11.9. The lowest BCUT2D eigenvalue weighted by Crippen LogP contribution is -2.06. The number of esters is 1. The molecule has 1 unspecified atom stereocenters. The maximum atomic E-state index is 13.8. The van der Waals surface area contributed by atoms with E-state index in [4.69, 9.17) is 4.74 Å². The first kappa shape index (κ1) is 16.9. The van der Waals surface area contributed by atoms with Crippen LogP contribution in [0.1, 0.15) is 38.0 Å². The summed E-state index contributed by atoms with van der Waals surface area (Å²) in [4.78, 5) is 15.3. The first-order valence-corrected chi connectivity index (χ1v) is 7.59. The van der Waals surface area contributed by atoms with Gasteiger partial charge in [0.05, 0.1) is 0 Å². The summed E-state index contributed by atoms with van der Waals surface area (Å²) < 4.78 is 19.0. The molecule has 1 atom stereocenters. The summed E-state index contributed by atoms with van der Waals surface area (Å²) in [5.74, 6) is -0.587. The Bertz CT molecular complexity index is 716. The number of pyridine rings is 1. The van der Waals surface area contributed by atoms with Gasteiger partial charge in [0.2, 0.25) is 0 Å². The van der Waals surface area contributed by atoms with Crippen molar-refractivity contribution < 1.29 is 13.9 Å². The number of ether oxygens (including phenoxy) is 1. The molecule has 0 aliphatic heterocycles. The van der Waals surface area contributed by atoms with Crippen LogP contribution in [-0.4, -0.2) is 17.5 Å². The van der Waals surface area contributed by atoms with Gasteiger partial charge in [-0.1, -0.05) is 0 Å². The first-order valence-electron chi connectivity index (χ1n) is 7.59. The number of carbonyl (C=O) groups excluding carboxylic acids is 1. The summed E-state index contributed by atoms with van der Waals surface area (Å²) in [6.45, 7) is 7.57. The Kier molecular flexibility index (Phi) is 5.32. The molecule has 0 radical (unpaired) electrons. The fourth-order valence-corrected chi connectivity index (χ4v) is 2.48. The smallest absolute Gasteiger partial charge is 0.303 e. The van der Waals surface area contributed by atoms with E-state index in [1.807, 2.05) is 13.0 Å². The SMILES string of the molecule is CCNc1c(-c2cncc(C(C)OC(C)=O)c2)ccc(F)c1C. The summed E-state index contributed by atoms with van der Waals surface area (Å²) in [6, 6.07) is 5.10. The number of anilines is 1. The van der Waals surface area contributed by atoms with Crippen LogP contribution in [0.2, 0.25) is 0 Å². The van der Waals surface area contributed by atoms with E-state index in [0.29, 0.717) is 12.1 Å². The van der Waals surface area contributed by atoms with Crippen molar-refractivity contribution in [1.82, 2.24) is 4.98 Å². The molecular weight excluding hydrogens is 295 g/mol. The lowest BCUT2D eigenvalue weighted by molar-refractivity contribution is -0.145. The predicted molar refractivity (Wildman–Crippen MR) is 88.7 cm³/mol. The van der Waals surface area contributed by atoms with E-state index in [9.17, 15) is 9.18 Å². The molecule has 0 fully saturated rings. The quantitative estimate of drug-likeness (QED) is 0.838. The van der Waals surface area contributed by atoms with E-state index in [0.717, 1.165) is 22.4 Å². The Morgan fingerprint density at radius 3 is 2.78 bits per heavy atom. The number of rotatable bonds is 5. The standard InChI is InChI=1S/C18H21FN2O2/c1-5-21-18-11(2)17(19)7-6-16(18)15-8-14(9-20-10-15)12(3)23-13(4)22/h6-10,12,21H,5H2,1-4H3. The number of nitrogens with one attached hydrogen (secondary N) is 1. The van der Waals surface area contributed by atoms with Gasteiger partial charge in [0, 0.05) is 53.8 Å². The topological polar surface area (TPSA) is 51.2 Å². The third-order valence-corrected chi connectivity index (χ3v) is 3.64. The van der Waals surface area contributed by atoms with Crippen molar-refractivity contribution in [3.8, 4) is 11.1 Å². The van der Waals surface area contributed by atoms with Crippen LogP contribution >= 0.6 is 0 Å². The Balaban J connectivity index is 2.47. The number of benzene rings is 1. The molecule has 0 bridgehead atoms. The van der Waals surface area contributed by atoms with Crippen molar-refractivity contribution in [2.75, 3.05) is 11.9 Å². The molecule has 1 heterocycles. The average molecular weight is 316 g/mol. The van der Waals surface area contributed by atoms with Gasteiger partial charge < -0.3 is 10.1 Å². The molecule has 0 aliphatic rings. The fourth-order valence-electron chi connectivity index (χ4n) is 2.48. The Morgan fingerprint density at radius 1 is 1.39 bits per heavy atom. The van der Waals surface area contributed by atoms with Crippen LogP contribution in [0.5, 0.6) is 0 Å². The lowest BCUT2D eigenvalue weighted by Gasteiger charge is -2.16. The zero-order valence-electron chi connectivity index (χ0n) is 13.8. The number of halogens is 1. The highest BCUT2D eigenvalue weighted by atomic mass is 19.1. The molecule has 1 aromatic carbocycles. The monoisotopic (exact) mass is 316 g/mol. The van der Waals surface area contributed by atoms with Crippen molar-refractivity contribution in [3.63, 3.8) is 0 Å². The summed E-state index contributed by atoms with van der Waals surface area (Å²) in [5.41, 5.74) is 3.84. The van der Waals surface area contributed by atoms with Crippen LogP contribution < -0.4 is 5.32 Å². The van der Waals surface area contributed by atoms with Gasteiger partial charge in [0.25, 0.3) is 0 Å². The van der Waals surface area contributed by atoms with E-state index in [-0.39, 0.29) is 17.9 Å². The van der Waals surface area contributed by atoms with Crippen LogP contribution in [0.3, 0.4) is 0 Å². The van der Waals surface area contributed by atoms with E-state index in [2.05, 4.69) is 10.3 Å². The highest BCUT2D eigenvalue weighted by molar-refractivity contribution is 5.80. The van der Waals surface area contributed by atoms with Crippen LogP contribution in [0.15, 0.2) is 30.6 Å². The maximum absolute atomic E-state index is 13.8. The average Bonchev–Trinajstić information content (AvgIpc) is 2.51. The van der Waals surface area contributed by atoms with Gasteiger partial charge in [0.15, 0.2) is 0 Å². The lowest BCUT2D eigenvalue weighted by atomic mass is 9.99. The van der Waals surface area contributed by atoms with Crippen molar-refractivity contribution in [1.29, 1.82) is 0 Å². The van der Waals surface area contributed by atoms with Gasteiger partial charge in [-0.2, -0.15) is 0 Å². The van der Waals surface area contributed by atoms with Gasteiger partial charge in [-0.15, -0.1) is 0 Å². The summed E-state index contributed by atoms with van der Waals surface area (Å²) in [5, 5.41) is 3.21. The van der Waals surface area contributed by atoms with Crippen molar-refractivity contribution in [3.05, 3.63) is 47.5 Å². The fraction of sp³-hybridized carbons (Fsp3) is 0.333. The van der Waals surface area contributed by atoms with E-state index in [1.165, 1.54) is 13.0 Å². The Hall–Kier alpha value is -2.43. The van der Waals surface area contributed by atoms with Gasteiger partial charge in [-0.25, -0.2) is 4.39 Å². The Labute approximate surface area is 135 Å². The minimum absolute atomic E-state index is 0.248. The minimum atomic E-state index is -0.385. The highest BCUT2D eigenvalue weighted by Crippen LogP contribution is 2.33. The number of hydrogen-bond donors (Lipinski definition) is 1. The second-order valence-electron chi connectivity index (χ2n) is 5.38. The van der Waals surface area contributed by atoms with Crippen LogP contribution in [0.25, 0.3) is 11.1 Å². The molecular formula is C18H21FN2O2. The molecule has 1 N–H and O–H groups in total. The molecule has 2 rings (SSSR count). The minimum Gasteiger partial charge on any atom is -0.458 e. The molecule has 5 heteroatoms. The van der Waals surface area contributed by atoms with E-state index < -0.39 is 0 Å². The van der Waals surface area contributed by atoms with E-state index >= 15 is 0 Å². The molecule has 0 amide bonds. The molecule has 0 saturated heterocycles. The third kappa shape index (κ3) is 3.86. The molecule has 4 nitrogen and oxygen atoms in total. The third-order valence-electron chi connectivity index (χ3n) is 3.64. The molecule has 0 aliphatic carbocycles. The van der Waals surface area contributed by atoms with Crippen LogP contribution in [0, 0.1) is 12.7 Å². The predicted octanol–water partition coefficient (Wildman–Crippen LogP) is 4.25. The molecule has 0 saturated carbocycles. The zero-order chi connectivity index (χ0) is 17.0. The largest absolute Gasteiger partial charge is 0.458 e. The van der Waals surface area contributed by atoms with Gasteiger partial charge >= 0.3 is 5.97 Å². The summed E-state index contributed by atoms with van der Waals surface area (Å²) in [7, 11) is 0. The molecule has 122 valence electrons.